The molecule has 0 aliphatic carbocycles. The molecule has 0 bridgehead atoms. The molecule has 2 N–H and O–H groups in total. The second kappa shape index (κ2) is 4.97. The van der Waals surface area contributed by atoms with Crippen molar-refractivity contribution in [2.45, 2.75) is 0 Å². The molecule has 0 unspecified atom stereocenters. The molecule has 4 nitrogen and oxygen atoms in total. The van der Waals surface area contributed by atoms with Gasteiger partial charge in [-0.1, -0.05) is 6.07 Å². The maximum atomic E-state index is 14.0. The molecule has 3 rings (SSSR count). The Bertz CT molecular complexity index is 797. The van der Waals surface area contributed by atoms with Crippen molar-refractivity contribution < 1.29 is 8.78 Å². The lowest BCUT2D eigenvalue weighted by molar-refractivity contribution is 0.585. The molecular weight excluding hydrogens is 274 g/mol. The van der Waals surface area contributed by atoms with Gasteiger partial charge < -0.3 is 5.73 Å². The van der Waals surface area contributed by atoms with E-state index in [0.717, 1.165) is 6.07 Å². The first-order valence-electron chi connectivity index (χ1n) is 6.27. The lowest BCUT2D eigenvalue weighted by Crippen LogP contribution is -1.98. The van der Waals surface area contributed by atoms with Crippen LogP contribution in [0.3, 0.4) is 0 Å². The van der Waals surface area contributed by atoms with Crippen LogP contribution in [0.4, 0.5) is 14.6 Å². The number of pyridine rings is 1. The second-order valence-electron chi connectivity index (χ2n) is 4.57. The third-order valence-electron chi connectivity index (χ3n) is 3.20. The van der Waals surface area contributed by atoms with Gasteiger partial charge in [-0.15, -0.1) is 0 Å². The van der Waals surface area contributed by atoms with Gasteiger partial charge in [-0.3, -0.25) is 9.67 Å². The number of hydrogen-bond donors (Lipinski definition) is 1. The van der Waals surface area contributed by atoms with Crippen molar-refractivity contribution in [3.05, 3.63) is 54.2 Å². The van der Waals surface area contributed by atoms with Crippen molar-refractivity contribution in [2.75, 3.05) is 5.73 Å². The monoisotopic (exact) mass is 286 g/mol. The Kier molecular flexibility index (Phi) is 3.13. The number of anilines is 1. The van der Waals surface area contributed by atoms with E-state index in [2.05, 4.69) is 10.1 Å². The Morgan fingerprint density at radius 3 is 2.62 bits per heavy atom. The molecule has 106 valence electrons. The first-order valence-corrected chi connectivity index (χ1v) is 6.27. The summed E-state index contributed by atoms with van der Waals surface area (Å²) in [5, 5.41) is 4.24. The van der Waals surface area contributed by atoms with Gasteiger partial charge in [-0.25, -0.2) is 8.78 Å². The SMILES string of the molecule is Cn1nc(-c2ccc(F)cc2F)c(-c2ccccn2)c1N. The van der Waals surface area contributed by atoms with Gasteiger partial charge >= 0.3 is 0 Å². The lowest BCUT2D eigenvalue weighted by atomic mass is 10.0. The zero-order chi connectivity index (χ0) is 15.0. The molecule has 6 heteroatoms. The third-order valence-corrected chi connectivity index (χ3v) is 3.20. The number of nitrogen functional groups attached to an aromatic ring is 1. The van der Waals surface area contributed by atoms with Crippen LogP contribution < -0.4 is 5.73 Å². The number of nitrogens with two attached hydrogens (primary N) is 1. The Balaban J connectivity index is 2.27. The number of aromatic nitrogens is 3. The predicted molar refractivity (Wildman–Crippen MR) is 76.2 cm³/mol. The fraction of sp³-hybridized carbons (Fsp3) is 0.0667. The molecule has 0 aliphatic rings. The first kappa shape index (κ1) is 13.2. The van der Waals surface area contributed by atoms with E-state index in [9.17, 15) is 8.78 Å². The summed E-state index contributed by atoms with van der Waals surface area (Å²) < 4.78 is 28.5. The van der Waals surface area contributed by atoms with Crippen LogP contribution in [0.15, 0.2) is 42.6 Å². The predicted octanol–water partition coefficient (Wildman–Crippen LogP) is 3.01. The summed E-state index contributed by atoms with van der Waals surface area (Å²) in [7, 11) is 1.66. The second-order valence-corrected chi connectivity index (χ2v) is 4.57. The van der Waals surface area contributed by atoms with Gasteiger partial charge in [-0.2, -0.15) is 5.10 Å². The Morgan fingerprint density at radius 2 is 1.95 bits per heavy atom. The van der Waals surface area contributed by atoms with Crippen LogP contribution in [0, 0.1) is 11.6 Å². The van der Waals surface area contributed by atoms with Crippen molar-refractivity contribution in [3.63, 3.8) is 0 Å². The van der Waals surface area contributed by atoms with E-state index in [1.807, 2.05) is 0 Å². The molecule has 1 aromatic carbocycles. The number of rotatable bonds is 2. The Hall–Kier alpha value is -2.76. The van der Waals surface area contributed by atoms with Crippen LogP contribution in [0.5, 0.6) is 0 Å². The van der Waals surface area contributed by atoms with Gasteiger partial charge in [0.15, 0.2) is 0 Å². The molecule has 0 radical (unpaired) electrons. The van der Waals surface area contributed by atoms with Crippen molar-refractivity contribution in [3.8, 4) is 22.5 Å². The summed E-state index contributed by atoms with van der Waals surface area (Å²) in [5.74, 6) is -0.961. The number of halogens is 2. The number of benzene rings is 1. The quantitative estimate of drug-likeness (QED) is 0.788. The smallest absolute Gasteiger partial charge is 0.135 e. The van der Waals surface area contributed by atoms with Gasteiger partial charge in [0.1, 0.15) is 23.1 Å². The maximum absolute atomic E-state index is 14.0. The standard InChI is InChI=1S/C15H12F2N4/c1-21-15(18)13(12-4-2-3-7-19-12)14(20-21)10-6-5-9(16)8-11(10)17/h2-8H,18H2,1H3. The highest BCUT2D eigenvalue weighted by Crippen LogP contribution is 2.35. The van der Waals surface area contributed by atoms with Crippen LogP contribution in [0.1, 0.15) is 0 Å². The van der Waals surface area contributed by atoms with Crippen molar-refractivity contribution in [1.29, 1.82) is 0 Å². The average Bonchev–Trinajstić information content (AvgIpc) is 2.75. The van der Waals surface area contributed by atoms with E-state index in [1.54, 1.807) is 31.4 Å². The minimum Gasteiger partial charge on any atom is -0.383 e. The number of nitrogens with zero attached hydrogens (tertiary/aromatic N) is 3. The molecule has 2 heterocycles. The van der Waals surface area contributed by atoms with Crippen molar-refractivity contribution in [1.82, 2.24) is 14.8 Å². The fourth-order valence-corrected chi connectivity index (χ4v) is 2.17. The summed E-state index contributed by atoms with van der Waals surface area (Å²) >= 11 is 0. The molecule has 3 aromatic rings. The normalized spacial score (nSPS) is 10.8. The molecule has 0 fully saturated rings. The largest absolute Gasteiger partial charge is 0.383 e. The van der Waals surface area contributed by atoms with E-state index in [-0.39, 0.29) is 5.56 Å². The van der Waals surface area contributed by atoms with Crippen molar-refractivity contribution in [2.24, 2.45) is 7.05 Å². The van der Waals surface area contributed by atoms with E-state index in [4.69, 9.17) is 5.73 Å². The average molecular weight is 286 g/mol. The number of hydrogen-bond acceptors (Lipinski definition) is 3. The Labute approximate surface area is 119 Å². The Morgan fingerprint density at radius 1 is 1.14 bits per heavy atom. The lowest BCUT2D eigenvalue weighted by Gasteiger charge is -2.04. The molecule has 0 amide bonds. The van der Waals surface area contributed by atoms with E-state index in [0.29, 0.717) is 22.8 Å². The van der Waals surface area contributed by atoms with E-state index in [1.165, 1.54) is 16.8 Å². The van der Waals surface area contributed by atoms with Gasteiger partial charge in [0.2, 0.25) is 0 Å². The van der Waals surface area contributed by atoms with Gasteiger partial charge in [0, 0.05) is 24.9 Å². The first-order chi connectivity index (χ1) is 10.1. The molecule has 0 spiro atoms. The maximum Gasteiger partial charge on any atom is 0.135 e. The van der Waals surface area contributed by atoms with Crippen LogP contribution in [-0.2, 0) is 7.05 Å². The van der Waals surface area contributed by atoms with Crippen LogP contribution in [0.25, 0.3) is 22.5 Å². The minimum atomic E-state index is -0.690. The zero-order valence-corrected chi connectivity index (χ0v) is 11.2. The molecule has 2 aromatic heterocycles. The molecule has 0 atom stereocenters. The highest BCUT2D eigenvalue weighted by atomic mass is 19.1. The van der Waals surface area contributed by atoms with Crippen molar-refractivity contribution >= 4 is 5.82 Å². The zero-order valence-electron chi connectivity index (χ0n) is 11.2. The molecular formula is C15H12F2N4. The topological polar surface area (TPSA) is 56.7 Å². The molecule has 0 saturated carbocycles. The van der Waals surface area contributed by atoms with E-state index >= 15 is 0 Å². The highest BCUT2D eigenvalue weighted by Gasteiger charge is 2.20. The molecule has 0 aliphatic heterocycles. The van der Waals surface area contributed by atoms with E-state index < -0.39 is 11.6 Å². The highest BCUT2D eigenvalue weighted by molar-refractivity contribution is 5.86. The molecule has 0 saturated heterocycles. The third kappa shape index (κ3) is 2.24. The fourth-order valence-electron chi connectivity index (χ4n) is 2.17. The van der Waals surface area contributed by atoms with Crippen LogP contribution >= 0.6 is 0 Å². The van der Waals surface area contributed by atoms with Gasteiger partial charge in [0.05, 0.1) is 11.3 Å². The summed E-state index contributed by atoms with van der Waals surface area (Å²) in [6, 6.07) is 8.69. The van der Waals surface area contributed by atoms with Gasteiger partial charge in [-0.05, 0) is 24.3 Å². The molecule has 21 heavy (non-hydrogen) atoms. The summed E-state index contributed by atoms with van der Waals surface area (Å²) in [5.41, 5.74) is 7.66. The summed E-state index contributed by atoms with van der Waals surface area (Å²) in [4.78, 5) is 4.23. The minimum absolute atomic E-state index is 0.185. The van der Waals surface area contributed by atoms with Gasteiger partial charge in [0.25, 0.3) is 0 Å². The summed E-state index contributed by atoms with van der Waals surface area (Å²) in [6.07, 6.45) is 1.62. The van der Waals surface area contributed by atoms with Crippen LogP contribution in [-0.4, -0.2) is 14.8 Å². The van der Waals surface area contributed by atoms with Crippen LogP contribution in [0.2, 0.25) is 0 Å². The summed E-state index contributed by atoms with van der Waals surface area (Å²) in [6.45, 7) is 0. The number of aryl methyl sites for hydroxylation is 1.